The molecule has 2 saturated heterocycles. The number of carbonyl (C=O) groups is 2. The van der Waals surface area contributed by atoms with Gasteiger partial charge in [-0.05, 0) is 61.9 Å². The fourth-order valence-corrected chi connectivity index (χ4v) is 6.60. The number of hydrogen-bond acceptors (Lipinski definition) is 8. The van der Waals surface area contributed by atoms with Gasteiger partial charge in [0.15, 0.2) is 11.5 Å². The van der Waals surface area contributed by atoms with Crippen LogP contribution < -0.4 is 20.3 Å². The minimum atomic E-state index is -1.04. The highest BCUT2D eigenvalue weighted by Crippen LogP contribution is 2.48. The van der Waals surface area contributed by atoms with Crippen LogP contribution in [0.1, 0.15) is 59.2 Å². The molecule has 3 aliphatic rings. The molecule has 0 bridgehead atoms. The second-order valence-corrected chi connectivity index (χ2v) is 12.6. The predicted octanol–water partition coefficient (Wildman–Crippen LogP) is 3.00. The molecule has 5 heterocycles. The van der Waals surface area contributed by atoms with Crippen LogP contribution in [-0.2, 0) is 5.41 Å². The number of aromatic nitrogens is 4. The van der Waals surface area contributed by atoms with E-state index >= 15 is 0 Å². The van der Waals surface area contributed by atoms with Crippen molar-refractivity contribution in [2.75, 3.05) is 44.7 Å². The highest BCUT2D eigenvalue weighted by atomic mass is 16.5. The SMILES string of the molecule is CNC(=O)c1cc(N2CCC3(CC2)CN(CC(O)c2nc4c(C)cc(OCC5(c6ccccc6)CC5)cn4n2)C(=O)N3)ccn1. The smallest absolute Gasteiger partial charge is 0.318 e. The van der Waals surface area contributed by atoms with Crippen molar-refractivity contribution < 1.29 is 19.4 Å². The number of pyridine rings is 2. The molecule has 2 aliphatic heterocycles. The maximum atomic E-state index is 13.0. The van der Waals surface area contributed by atoms with Gasteiger partial charge in [0.05, 0.1) is 24.9 Å². The topological polar surface area (TPSA) is 137 Å². The van der Waals surface area contributed by atoms with Gasteiger partial charge in [-0.2, -0.15) is 0 Å². The number of piperidine rings is 1. The van der Waals surface area contributed by atoms with Crippen molar-refractivity contribution in [3.8, 4) is 5.75 Å². The van der Waals surface area contributed by atoms with Crippen molar-refractivity contribution in [3.05, 3.63) is 83.6 Å². The van der Waals surface area contributed by atoms with Crippen LogP contribution in [0.5, 0.6) is 5.75 Å². The first-order valence-corrected chi connectivity index (χ1v) is 15.5. The largest absolute Gasteiger partial charge is 0.491 e. The molecular weight excluding hydrogens is 572 g/mol. The van der Waals surface area contributed by atoms with Gasteiger partial charge >= 0.3 is 6.03 Å². The molecule has 1 unspecified atom stereocenters. The third-order valence-corrected chi connectivity index (χ3v) is 9.50. The van der Waals surface area contributed by atoms with Crippen molar-refractivity contribution in [1.29, 1.82) is 0 Å². The molecule has 45 heavy (non-hydrogen) atoms. The molecule has 1 atom stereocenters. The standard InChI is InChI=1S/C33H38N8O4/c1-22-16-25(45-21-32(9-10-32)23-6-4-3-5-7-23)18-41-29(22)36-28(38-41)27(42)19-40-20-33(37-31(40)44)11-14-39(15-12-33)24-8-13-35-26(17-24)30(43)34-2/h3-8,13,16-18,27,42H,9-12,14-15,19-21H2,1-2H3,(H,34,43)(H,37,44). The van der Waals surface area contributed by atoms with Gasteiger partial charge in [0.1, 0.15) is 17.5 Å². The molecular formula is C33H38N8O4. The van der Waals surface area contributed by atoms with Gasteiger partial charge in [0.2, 0.25) is 0 Å². The predicted molar refractivity (Wildman–Crippen MR) is 167 cm³/mol. The number of benzene rings is 1. The average Bonchev–Trinajstić information content (AvgIpc) is 3.63. The number of nitrogens with zero attached hydrogens (tertiary/aromatic N) is 6. The molecule has 1 aliphatic carbocycles. The number of fused-ring (bicyclic) bond motifs is 1. The summed E-state index contributed by atoms with van der Waals surface area (Å²) in [7, 11) is 1.58. The Hall–Kier alpha value is -4.71. The van der Waals surface area contributed by atoms with E-state index in [9.17, 15) is 14.7 Å². The summed E-state index contributed by atoms with van der Waals surface area (Å²) in [5.74, 6) is 0.750. The van der Waals surface area contributed by atoms with Gasteiger partial charge in [-0.25, -0.2) is 14.3 Å². The van der Waals surface area contributed by atoms with Crippen LogP contribution in [0.25, 0.3) is 5.65 Å². The lowest BCUT2D eigenvalue weighted by Gasteiger charge is -2.39. The lowest BCUT2D eigenvalue weighted by Crippen LogP contribution is -2.52. The number of aryl methyl sites for hydroxylation is 1. The highest BCUT2D eigenvalue weighted by molar-refractivity contribution is 5.92. The summed E-state index contributed by atoms with van der Waals surface area (Å²) in [5.41, 5.74) is 3.83. The van der Waals surface area contributed by atoms with Crippen molar-refractivity contribution in [2.45, 2.75) is 49.7 Å². The molecule has 0 radical (unpaired) electrons. The molecule has 1 saturated carbocycles. The molecule has 7 rings (SSSR count). The summed E-state index contributed by atoms with van der Waals surface area (Å²) in [5, 5.41) is 21.5. The number of carbonyl (C=O) groups excluding carboxylic acids is 2. The fraction of sp³-hybridized carbons (Fsp3) is 0.424. The first kappa shape index (κ1) is 29.0. The van der Waals surface area contributed by atoms with E-state index < -0.39 is 6.10 Å². The van der Waals surface area contributed by atoms with Crippen molar-refractivity contribution in [3.63, 3.8) is 0 Å². The zero-order valence-electron chi connectivity index (χ0n) is 25.6. The van der Waals surface area contributed by atoms with E-state index in [-0.39, 0.29) is 35.3 Å². The van der Waals surface area contributed by atoms with Gasteiger partial charge in [-0.3, -0.25) is 9.78 Å². The summed E-state index contributed by atoms with van der Waals surface area (Å²) in [6.45, 7) is 4.57. The molecule has 12 nitrogen and oxygen atoms in total. The minimum Gasteiger partial charge on any atom is -0.491 e. The third kappa shape index (κ3) is 5.66. The maximum absolute atomic E-state index is 13.0. The van der Waals surface area contributed by atoms with Crippen LogP contribution in [0.3, 0.4) is 0 Å². The summed E-state index contributed by atoms with van der Waals surface area (Å²) >= 11 is 0. The number of amides is 3. The van der Waals surface area contributed by atoms with E-state index in [1.807, 2.05) is 25.1 Å². The van der Waals surface area contributed by atoms with E-state index in [1.54, 1.807) is 34.9 Å². The first-order valence-electron chi connectivity index (χ1n) is 15.5. The van der Waals surface area contributed by atoms with E-state index in [0.717, 1.165) is 50.0 Å². The molecule has 3 amide bonds. The number of urea groups is 1. The Labute approximate surface area is 261 Å². The van der Waals surface area contributed by atoms with E-state index in [1.165, 1.54) is 5.56 Å². The third-order valence-electron chi connectivity index (χ3n) is 9.50. The lowest BCUT2D eigenvalue weighted by atomic mass is 9.88. The van der Waals surface area contributed by atoms with E-state index in [0.29, 0.717) is 30.2 Å². The van der Waals surface area contributed by atoms with Gasteiger partial charge in [0.25, 0.3) is 5.91 Å². The van der Waals surface area contributed by atoms with Gasteiger partial charge in [-0.15, -0.1) is 5.10 Å². The lowest BCUT2D eigenvalue weighted by molar-refractivity contribution is 0.0958. The molecule has 3 fully saturated rings. The van der Waals surface area contributed by atoms with Crippen molar-refractivity contribution in [2.24, 2.45) is 0 Å². The fourth-order valence-electron chi connectivity index (χ4n) is 6.60. The Morgan fingerprint density at radius 2 is 1.91 bits per heavy atom. The van der Waals surface area contributed by atoms with Crippen LogP contribution in [-0.4, -0.2) is 86.9 Å². The van der Waals surface area contributed by atoms with Crippen LogP contribution in [0.2, 0.25) is 0 Å². The number of β-amino-alcohol motifs (C(OH)–C–C–N with tert-alkyl or cyclic N) is 1. The summed E-state index contributed by atoms with van der Waals surface area (Å²) < 4.78 is 7.91. The maximum Gasteiger partial charge on any atom is 0.318 e. The van der Waals surface area contributed by atoms with Crippen LogP contribution in [0.15, 0.2) is 60.9 Å². The van der Waals surface area contributed by atoms with Gasteiger partial charge in [-0.1, -0.05) is 30.3 Å². The summed E-state index contributed by atoms with van der Waals surface area (Å²) in [4.78, 5) is 37.7. The number of nitrogens with one attached hydrogen (secondary N) is 2. The Kier molecular flexibility index (Phi) is 7.31. The molecule has 1 spiro atoms. The van der Waals surface area contributed by atoms with Gasteiger partial charge in [0, 0.05) is 44.0 Å². The van der Waals surface area contributed by atoms with Crippen molar-refractivity contribution in [1.82, 2.24) is 35.1 Å². The molecule has 3 aromatic heterocycles. The number of anilines is 1. The molecule has 1 aromatic carbocycles. The molecule has 12 heteroatoms. The van der Waals surface area contributed by atoms with Crippen LogP contribution in [0.4, 0.5) is 10.5 Å². The number of aliphatic hydroxyl groups excluding tert-OH is 1. The number of aliphatic hydroxyl groups is 1. The minimum absolute atomic E-state index is 0.0630. The summed E-state index contributed by atoms with van der Waals surface area (Å²) in [6.07, 6.45) is 6.09. The Morgan fingerprint density at radius 3 is 2.64 bits per heavy atom. The zero-order valence-corrected chi connectivity index (χ0v) is 25.6. The molecule has 3 N–H and O–H groups in total. The monoisotopic (exact) mass is 610 g/mol. The number of hydrogen-bond donors (Lipinski definition) is 3. The normalized spacial score (nSPS) is 19.0. The average molecular weight is 611 g/mol. The molecule has 234 valence electrons. The highest BCUT2D eigenvalue weighted by Gasteiger charge is 2.46. The van der Waals surface area contributed by atoms with Crippen molar-refractivity contribution >= 4 is 23.3 Å². The number of rotatable bonds is 9. The van der Waals surface area contributed by atoms with E-state index in [2.05, 4.69) is 54.9 Å². The Balaban J connectivity index is 0.978. The van der Waals surface area contributed by atoms with E-state index in [4.69, 9.17) is 4.74 Å². The summed E-state index contributed by atoms with van der Waals surface area (Å²) in [6, 6.07) is 15.9. The first-order chi connectivity index (χ1) is 21.8. The van der Waals surface area contributed by atoms with Crippen LogP contribution in [0, 0.1) is 6.92 Å². The Morgan fingerprint density at radius 1 is 1.13 bits per heavy atom. The van der Waals surface area contributed by atoms with Gasteiger partial charge < -0.3 is 30.3 Å². The second-order valence-electron chi connectivity index (χ2n) is 12.6. The number of ether oxygens (including phenoxy) is 1. The quantitative estimate of drug-likeness (QED) is 0.263. The Bertz CT molecular complexity index is 1730. The molecule has 4 aromatic rings. The zero-order chi connectivity index (χ0) is 31.2. The second kappa shape index (κ2) is 11.3. The van der Waals surface area contributed by atoms with Crippen LogP contribution >= 0.6 is 0 Å².